The number of nitrogens with one attached hydrogen (secondary N) is 1. The van der Waals surface area contributed by atoms with Crippen molar-refractivity contribution in [2.24, 2.45) is 29.6 Å². The molecule has 4 bridgehead atoms. The lowest BCUT2D eigenvalue weighted by Crippen LogP contribution is -2.55. The lowest BCUT2D eigenvalue weighted by Gasteiger charge is -2.54. The summed E-state index contributed by atoms with van der Waals surface area (Å²) in [5.41, 5.74) is 0.646. The Bertz CT molecular complexity index is 843. The monoisotopic (exact) mass is 483 g/mol. The van der Waals surface area contributed by atoms with Crippen molar-refractivity contribution in [1.82, 2.24) is 24.9 Å². The highest BCUT2D eigenvalue weighted by Gasteiger charge is 2.48. The summed E-state index contributed by atoms with van der Waals surface area (Å²) in [7, 11) is 2.19. The molecule has 2 heterocycles. The summed E-state index contributed by atoms with van der Waals surface area (Å²) < 4.78 is 8.41. The van der Waals surface area contributed by atoms with Gasteiger partial charge in [0.25, 0.3) is 5.91 Å². The van der Waals surface area contributed by atoms with E-state index >= 15 is 0 Å². The number of amides is 1. The second-order valence-electron chi connectivity index (χ2n) is 12.5. The van der Waals surface area contributed by atoms with E-state index in [1.807, 2.05) is 4.68 Å². The van der Waals surface area contributed by atoms with Crippen LogP contribution < -0.4 is 10.1 Å². The Hall–Kier alpha value is -1.60. The molecule has 6 aliphatic rings. The zero-order valence-electron chi connectivity index (χ0n) is 21.7. The Balaban J connectivity index is 1.14. The van der Waals surface area contributed by atoms with Crippen molar-refractivity contribution < 1.29 is 9.53 Å². The number of ether oxygens (including phenoxy) is 1. The van der Waals surface area contributed by atoms with Gasteiger partial charge in [-0.05, 0) is 81.6 Å². The molecule has 0 radical (unpaired) electrons. The van der Waals surface area contributed by atoms with Crippen molar-refractivity contribution in [1.29, 1.82) is 0 Å². The number of carbonyl (C=O) groups is 1. The van der Waals surface area contributed by atoms with Crippen LogP contribution in [0.15, 0.2) is 6.20 Å². The molecule has 0 unspecified atom stereocenters. The third kappa shape index (κ3) is 5.27. The smallest absolute Gasteiger partial charge is 0.258 e. The topological polar surface area (TPSA) is 62.6 Å². The van der Waals surface area contributed by atoms with Gasteiger partial charge in [-0.25, -0.2) is 4.68 Å². The zero-order chi connectivity index (χ0) is 23.8. The molecule has 7 heteroatoms. The third-order valence-electron chi connectivity index (χ3n) is 9.96. The fraction of sp³-hybridized carbons (Fsp3) is 0.857. The van der Waals surface area contributed by atoms with Crippen LogP contribution in [0.25, 0.3) is 0 Å². The molecule has 5 aliphatic carbocycles. The third-order valence-corrected chi connectivity index (χ3v) is 9.96. The van der Waals surface area contributed by atoms with Gasteiger partial charge in [-0.15, -0.1) is 0 Å². The Morgan fingerprint density at radius 1 is 0.971 bits per heavy atom. The van der Waals surface area contributed by atoms with Crippen molar-refractivity contribution in [2.45, 2.75) is 76.8 Å². The fourth-order valence-corrected chi connectivity index (χ4v) is 8.09. The van der Waals surface area contributed by atoms with E-state index in [0.29, 0.717) is 41.8 Å². The van der Waals surface area contributed by atoms with Crippen molar-refractivity contribution in [3.05, 3.63) is 11.8 Å². The summed E-state index contributed by atoms with van der Waals surface area (Å²) in [5.74, 6) is 4.51. The van der Waals surface area contributed by atoms with E-state index in [2.05, 4.69) is 27.3 Å². The molecule has 7 rings (SSSR count). The standard InChI is InChI=1S/C28H45N5O2/c1-31-7-9-32(10-8-31)11-12-33-28(35-19-20-5-3-2-4-6-20)25(18-29-33)27(34)30-26-23-14-21-13-22(16-23)17-24(26)15-21/h18,20-24,26H,2-17,19H2,1H3,(H,30,34). The number of hydrogen-bond donors (Lipinski definition) is 1. The average Bonchev–Trinajstić information content (AvgIpc) is 3.27. The van der Waals surface area contributed by atoms with Gasteiger partial charge in [-0.2, -0.15) is 5.10 Å². The van der Waals surface area contributed by atoms with E-state index in [1.165, 1.54) is 64.2 Å². The SMILES string of the molecule is CN1CCN(CCn2ncc(C(=O)NC3C4CC5CC(C4)CC3C5)c2OCC2CCCCC2)CC1. The Labute approximate surface area is 210 Å². The fourth-order valence-electron chi connectivity index (χ4n) is 8.09. The summed E-state index contributed by atoms with van der Waals surface area (Å²) >= 11 is 0. The molecule has 35 heavy (non-hydrogen) atoms. The van der Waals surface area contributed by atoms with Crippen LogP contribution in [0, 0.1) is 29.6 Å². The predicted octanol–water partition coefficient (Wildman–Crippen LogP) is 3.64. The van der Waals surface area contributed by atoms with E-state index in [4.69, 9.17) is 4.74 Å². The second-order valence-corrected chi connectivity index (χ2v) is 12.5. The summed E-state index contributed by atoms with van der Waals surface area (Å²) in [6.07, 6.45) is 14.9. The van der Waals surface area contributed by atoms with Gasteiger partial charge in [0.15, 0.2) is 0 Å². The van der Waals surface area contributed by atoms with Crippen LogP contribution in [-0.2, 0) is 6.54 Å². The number of likely N-dealkylation sites (N-methyl/N-ethyl adjacent to an activating group) is 1. The van der Waals surface area contributed by atoms with Gasteiger partial charge in [0.1, 0.15) is 5.56 Å². The van der Waals surface area contributed by atoms with E-state index in [-0.39, 0.29) is 5.91 Å². The summed E-state index contributed by atoms with van der Waals surface area (Å²) in [6.45, 7) is 6.84. The molecule has 1 aliphatic heterocycles. The van der Waals surface area contributed by atoms with Crippen LogP contribution in [0.5, 0.6) is 5.88 Å². The summed E-state index contributed by atoms with van der Waals surface area (Å²) in [6, 6.07) is 0.343. The Kier molecular flexibility index (Phi) is 7.07. The molecular weight excluding hydrogens is 438 g/mol. The quantitative estimate of drug-likeness (QED) is 0.612. The number of carbonyl (C=O) groups excluding carboxylic acids is 1. The first-order chi connectivity index (χ1) is 17.1. The van der Waals surface area contributed by atoms with Gasteiger partial charge >= 0.3 is 0 Å². The molecule has 7 nitrogen and oxygen atoms in total. The molecule has 1 saturated heterocycles. The molecule has 5 saturated carbocycles. The average molecular weight is 484 g/mol. The first-order valence-electron chi connectivity index (χ1n) is 14.5. The molecule has 0 spiro atoms. The maximum absolute atomic E-state index is 13.6. The lowest BCUT2D eigenvalue weighted by atomic mass is 9.54. The molecule has 6 fully saturated rings. The van der Waals surface area contributed by atoms with Crippen LogP contribution >= 0.6 is 0 Å². The number of nitrogens with zero attached hydrogens (tertiary/aromatic N) is 4. The highest BCUT2D eigenvalue weighted by molar-refractivity contribution is 5.96. The molecule has 1 amide bonds. The van der Waals surface area contributed by atoms with Crippen molar-refractivity contribution in [2.75, 3.05) is 46.4 Å². The first-order valence-corrected chi connectivity index (χ1v) is 14.5. The lowest BCUT2D eigenvalue weighted by molar-refractivity contribution is -0.0120. The van der Waals surface area contributed by atoms with Crippen LogP contribution in [0.2, 0.25) is 0 Å². The minimum Gasteiger partial charge on any atom is -0.477 e. The molecule has 194 valence electrons. The van der Waals surface area contributed by atoms with Crippen LogP contribution in [-0.4, -0.2) is 77.9 Å². The minimum absolute atomic E-state index is 0.0342. The van der Waals surface area contributed by atoms with Gasteiger partial charge in [0.05, 0.1) is 19.3 Å². The summed E-state index contributed by atoms with van der Waals surface area (Å²) in [5, 5.41) is 8.17. The molecule has 0 aromatic carbocycles. The van der Waals surface area contributed by atoms with Crippen LogP contribution in [0.1, 0.15) is 74.6 Å². The van der Waals surface area contributed by atoms with E-state index in [9.17, 15) is 4.79 Å². The van der Waals surface area contributed by atoms with Crippen molar-refractivity contribution in [3.8, 4) is 5.88 Å². The van der Waals surface area contributed by atoms with E-state index in [0.717, 1.165) is 51.1 Å². The highest BCUT2D eigenvalue weighted by atomic mass is 16.5. The zero-order valence-corrected chi connectivity index (χ0v) is 21.7. The Morgan fingerprint density at radius 3 is 2.34 bits per heavy atom. The number of rotatable bonds is 8. The van der Waals surface area contributed by atoms with Gasteiger partial charge in [-0.3, -0.25) is 9.69 Å². The Morgan fingerprint density at radius 2 is 1.66 bits per heavy atom. The highest BCUT2D eigenvalue weighted by Crippen LogP contribution is 2.53. The van der Waals surface area contributed by atoms with Crippen LogP contribution in [0.4, 0.5) is 0 Å². The number of aromatic nitrogens is 2. The minimum atomic E-state index is 0.0342. The van der Waals surface area contributed by atoms with E-state index < -0.39 is 0 Å². The molecule has 0 atom stereocenters. The molecular formula is C28H45N5O2. The predicted molar refractivity (Wildman–Crippen MR) is 137 cm³/mol. The molecule has 1 aromatic rings. The second kappa shape index (κ2) is 10.4. The number of piperazine rings is 1. The molecule has 1 N–H and O–H groups in total. The number of hydrogen-bond acceptors (Lipinski definition) is 5. The van der Waals surface area contributed by atoms with Gasteiger partial charge in [0, 0.05) is 38.8 Å². The first kappa shape index (κ1) is 23.8. The van der Waals surface area contributed by atoms with Gasteiger partial charge in [0.2, 0.25) is 5.88 Å². The largest absolute Gasteiger partial charge is 0.477 e. The maximum atomic E-state index is 13.6. The van der Waals surface area contributed by atoms with E-state index in [1.54, 1.807) is 6.20 Å². The molecule has 1 aromatic heterocycles. The van der Waals surface area contributed by atoms with Crippen LogP contribution in [0.3, 0.4) is 0 Å². The summed E-state index contributed by atoms with van der Waals surface area (Å²) in [4.78, 5) is 18.5. The van der Waals surface area contributed by atoms with Gasteiger partial charge < -0.3 is 15.0 Å². The van der Waals surface area contributed by atoms with Crippen molar-refractivity contribution in [3.63, 3.8) is 0 Å². The normalized spacial score (nSPS) is 33.8. The maximum Gasteiger partial charge on any atom is 0.258 e. The van der Waals surface area contributed by atoms with Gasteiger partial charge in [-0.1, -0.05) is 19.3 Å². The van der Waals surface area contributed by atoms with Crippen molar-refractivity contribution >= 4 is 5.91 Å².